The fourth-order valence-electron chi connectivity index (χ4n) is 4.27. The van der Waals surface area contributed by atoms with Crippen molar-refractivity contribution >= 4 is 29.1 Å². The molecular weight excluding hydrogens is 458 g/mol. The Morgan fingerprint density at radius 2 is 1.85 bits per heavy atom. The molecule has 1 amide bonds. The van der Waals surface area contributed by atoms with Crippen LogP contribution in [-0.2, 0) is 27.5 Å². The monoisotopic (exact) mass is 486 g/mol. The first-order chi connectivity index (χ1) is 16.4. The van der Waals surface area contributed by atoms with Crippen LogP contribution >= 0.6 is 12.2 Å². The minimum Gasteiger partial charge on any atom is -0.459 e. The molecule has 34 heavy (non-hydrogen) atoms. The Kier molecular flexibility index (Phi) is 7.88. The number of hydrogen-bond acceptors (Lipinski definition) is 4. The third-order valence-corrected chi connectivity index (χ3v) is 6.79. The summed E-state index contributed by atoms with van der Waals surface area (Å²) in [4.78, 5) is 28.0. The highest BCUT2D eigenvalue weighted by Gasteiger charge is 2.34. The van der Waals surface area contributed by atoms with Crippen molar-refractivity contribution in [3.63, 3.8) is 0 Å². The number of halogens is 2. The van der Waals surface area contributed by atoms with Crippen molar-refractivity contribution in [3.8, 4) is 0 Å². The molecule has 0 radical (unpaired) electrons. The average Bonchev–Trinajstić information content (AvgIpc) is 3.59. The number of likely N-dealkylation sites (tertiary alicyclic amines) is 1. The van der Waals surface area contributed by atoms with Crippen LogP contribution in [0.3, 0.4) is 0 Å². The molecule has 1 heterocycles. The second kappa shape index (κ2) is 11.0. The minimum atomic E-state index is -0.908. The molecule has 0 bridgehead atoms. The molecule has 1 saturated heterocycles. The summed E-state index contributed by atoms with van der Waals surface area (Å²) in [7, 11) is 0. The number of carbonyl (C=O) groups excluding carboxylic acids is 2. The van der Waals surface area contributed by atoms with Crippen LogP contribution in [0.5, 0.6) is 0 Å². The molecule has 180 valence electrons. The lowest BCUT2D eigenvalue weighted by Gasteiger charge is -2.27. The van der Waals surface area contributed by atoms with Crippen LogP contribution in [0.25, 0.3) is 0 Å². The van der Waals surface area contributed by atoms with Gasteiger partial charge in [-0.05, 0) is 36.8 Å². The third-order valence-electron chi connectivity index (χ3n) is 6.36. The largest absolute Gasteiger partial charge is 0.459 e. The zero-order valence-corrected chi connectivity index (χ0v) is 19.7. The molecule has 1 N–H and O–H groups in total. The molecule has 2 aromatic carbocycles. The maximum absolute atomic E-state index is 14.2. The van der Waals surface area contributed by atoms with Crippen LogP contribution in [-0.4, -0.2) is 33.8 Å². The third kappa shape index (κ3) is 6.38. The number of esters is 1. The summed E-state index contributed by atoms with van der Waals surface area (Å²) in [6.45, 7) is 0.256. The normalized spacial score (nSPS) is 18.6. The summed E-state index contributed by atoms with van der Waals surface area (Å²) in [5.74, 6) is -2.10. The minimum absolute atomic E-state index is 0.102. The van der Waals surface area contributed by atoms with Gasteiger partial charge in [0.05, 0.1) is 4.99 Å². The number of nitrogens with one attached hydrogen (secondary N) is 1. The van der Waals surface area contributed by atoms with Crippen molar-refractivity contribution < 1.29 is 23.1 Å². The molecule has 0 unspecified atom stereocenters. The molecule has 1 saturated carbocycles. The Morgan fingerprint density at radius 1 is 1.09 bits per heavy atom. The molecule has 1 aliphatic carbocycles. The predicted octanol–water partition coefficient (Wildman–Crippen LogP) is 4.68. The highest BCUT2D eigenvalue weighted by Crippen LogP contribution is 2.34. The SMILES string of the molecule is O=C(C[C@@H]1CCC(=S)N1Cc1cccc(F)c1F)N[C@@H](CC1CC1)C(=O)OCc1ccccc1. The number of benzene rings is 2. The summed E-state index contributed by atoms with van der Waals surface area (Å²) in [5.41, 5.74) is 1.08. The highest BCUT2D eigenvalue weighted by molar-refractivity contribution is 7.80. The van der Waals surface area contributed by atoms with Gasteiger partial charge in [-0.1, -0.05) is 67.5 Å². The van der Waals surface area contributed by atoms with Gasteiger partial charge in [0.2, 0.25) is 5.91 Å². The Hall–Kier alpha value is -2.87. The van der Waals surface area contributed by atoms with Crippen LogP contribution in [0, 0.1) is 17.6 Å². The number of hydrogen-bond donors (Lipinski definition) is 1. The van der Waals surface area contributed by atoms with Gasteiger partial charge in [-0.25, -0.2) is 13.6 Å². The van der Waals surface area contributed by atoms with Crippen LogP contribution in [0.2, 0.25) is 0 Å². The van der Waals surface area contributed by atoms with E-state index < -0.39 is 23.6 Å². The summed E-state index contributed by atoms with van der Waals surface area (Å²) in [5, 5.41) is 2.85. The van der Waals surface area contributed by atoms with E-state index in [1.54, 1.807) is 4.90 Å². The van der Waals surface area contributed by atoms with Gasteiger partial charge in [0.1, 0.15) is 12.6 Å². The lowest BCUT2D eigenvalue weighted by molar-refractivity contribution is -0.149. The van der Waals surface area contributed by atoms with Gasteiger partial charge < -0.3 is 15.0 Å². The zero-order valence-electron chi connectivity index (χ0n) is 18.8. The smallest absolute Gasteiger partial charge is 0.328 e. The molecule has 5 nitrogen and oxygen atoms in total. The molecular formula is C26H28F2N2O3S. The fourth-order valence-corrected chi connectivity index (χ4v) is 4.61. The van der Waals surface area contributed by atoms with E-state index in [-0.39, 0.29) is 37.1 Å². The van der Waals surface area contributed by atoms with E-state index in [1.165, 1.54) is 12.1 Å². The van der Waals surface area contributed by atoms with Crippen LogP contribution in [0.4, 0.5) is 8.78 Å². The number of nitrogens with zero attached hydrogens (tertiary/aromatic N) is 1. The maximum atomic E-state index is 14.2. The number of ether oxygens (including phenoxy) is 1. The summed E-state index contributed by atoms with van der Waals surface area (Å²) >= 11 is 5.43. The van der Waals surface area contributed by atoms with E-state index in [2.05, 4.69) is 5.32 Å². The Bertz CT molecular complexity index is 1050. The van der Waals surface area contributed by atoms with E-state index in [9.17, 15) is 18.4 Å². The van der Waals surface area contributed by atoms with Gasteiger partial charge in [-0.3, -0.25) is 4.79 Å². The van der Waals surface area contributed by atoms with Crippen molar-refractivity contribution in [3.05, 3.63) is 71.3 Å². The summed E-state index contributed by atoms with van der Waals surface area (Å²) in [6.07, 6.45) is 4.01. The van der Waals surface area contributed by atoms with Crippen LogP contribution < -0.4 is 5.32 Å². The van der Waals surface area contributed by atoms with Gasteiger partial charge >= 0.3 is 5.97 Å². The number of thiocarbonyl (C=S) groups is 1. The highest BCUT2D eigenvalue weighted by atomic mass is 32.1. The lowest BCUT2D eigenvalue weighted by atomic mass is 10.1. The standard InChI is InChI=1S/C26H28F2N2O3S/c27-21-8-4-7-19(25(21)28)15-30-20(11-12-24(30)34)14-23(31)29-22(13-17-9-10-17)26(32)33-16-18-5-2-1-3-6-18/h1-8,17,20,22H,9-16H2,(H,29,31)/t20-,22-/m0/s1. The van der Waals surface area contributed by atoms with Crippen LogP contribution in [0.1, 0.15) is 49.7 Å². The summed E-state index contributed by atoms with van der Waals surface area (Å²) in [6, 6.07) is 12.5. The van der Waals surface area contributed by atoms with E-state index in [4.69, 9.17) is 17.0 Å². The molecule has 0 spiro atoms. The van der Waals surface area contributed by atoms with Gasteiger partial charge in [0.15, 0.2) is 11.6 Å². The van der Waals surface area contributed by atoms with E-state index in [0.717, 1.165) is 24.5 Å². The molecule has 2 atom stereocenters. The van der Waals surface area contributed by atoms with Crippen LogP contribution in [0.15, 0.2) is 48.5 Å². The first-order valence-electron chi connectivity index (χ1n) is 11.6. The van der Waals surface area contributed by atoms with Crippen molar-refractivity contribution in [2.45, 2.75) is 63.8 Å². The molecule has 0 aromatic heterocycles. The average molecular weight is 487 g/mol. The second-order valence-electron chi connectivity index (χ2n) is 9.02. The zero-order chi connectivity index (χ0) is 24.1. The molecule has 8 heteroatoms. The first-order valence-corrected chi connectivity index (χ1v) is 12.0. The Labute approximate surface area is 203 Å². The quantitative estimate of drug-likeness (QED) is 0.391. The van der Waals surface area contributed by atoms with Gasteiger partial charge in [0.25, 0.3) is 0 Å². The van der Waals surface area contributed by atoms with E-state index in [0.29, 0.717) is 30.2 Å². The predicted molar refractivity (Wildman–Crippen MR) is 128 cm³/mol. The van der Waals surface area contributed by atoms with Crippen molar-refractivity contribution in [2.75, 3.05) is 0 Å². The number of carbonyl (C=O) groups is 2. The lowest BCUT2D eigenvalue weighted by Crippen LogP contribution is -2.44. The second-order valence-corrected chi connectivity index (χ2v) is 9.49. The summed E-state index contributed by atoms with van der Waals surface area (Å²) < 4.78 is 33.3. The first kappa shape index (κ1) is 24.3. The number of amides is 1. The molecule has 4 rings (SSSR count). The molecule has 2 fully saturated rings. The van der Waals surface area contributed by atoms with Gasteiger partial charge in [0, 0.05) is 24.6 Å². The molecule has 1 aliphatic heterocycles. The van der Waals surface area contributed by atoms with Gasteiger partial charge in [-0.2, -0.15) is 0 Å². The molecule has 2 aliphatic rings. The Morgan fingerprint density at radius 3 is 2.59 bits per heavy atom. The van der Waals surface area contributed by atoms with Crippen molar-refractivity contribution in [1.29, 1.82) is 0 Å². The topological polar surface area (TPSA) is 58.6 Å². The van der Waals surface area contributed by atoms with E-state index >= 15 is 0 Å². The maximum Gasteiger partial charge on any atom is 0.328 e. The number of rotatable bonds is 10. The van der Waals surface area contributed by atoms with Crippen molar-refractivity contribution in [2.24, 2.45) is 5.92 Å². The van der Waals surface area contributed by atoms with Gasteiger partial charge in [-0.15, -0.1) is 0 Å². The molecule has 2 aromatic rings. The van der Waals surface area contributed by atoms with E-state index in [1.807, 2.05) is 30.3 Å². The fraction of sp³-hybridized carbons (Fsp3) is 0.423. The Balaban J connectivity index is 1.35. The van der Waals surface area contributed by atoms with Crippen molar-refractivity contribution in [1.82, 2.24) is 10.2 Å².